The Morgan fingerprint density at radius 1 is 1.25 bits per heavy atom. The van der Waals surface area contributed by atoms with E-state index in [4.69, 9.17) is 4.74 Å². The summed E-state index contributed by atoms with van der Waals surface area (Å²) in [6.45, 7) is 0.796. The van der Waals surface area contributed by atoms with E-state index in [0.717, 1.165) is 18.4 Å². The minimum absolute atomic E-state index is 0.180. The maximum atomic E-state index is 13.0. The normalized spacial score (nSPS) is 13.8. The van der Waals surface area contributed by atoms with Crippen LogP contribution >= 0.6 is 0 Å². The molecule has 0 fully saturated rings. The summed E-state index contributed by atoms with van der Waals surface area (Å²) < 4.78 is 19.7. The van der Waals surface area contributed by atoms with Gasteiger partial charge in [0.1, 0.15) is 11.5 Å². The van der Waals surface area contributed by atoms with Crippen LogP contribution in [-0.4, -0.2) is 17.1 Å². The molecule has 1 aliphatic heterocycles. The van der Waals surface area contributed by atoms with Gasteiger partial charge in [-0.2, -0.15) is 0 Å². The van der Waals surface area contributed by atoms with Gasteiger partial charge >= 0.3 is 0 Å². The van der Waals surface area contributed by atoms with Gasteiger partial charge in [0.2, 0.25) is 0 Å². The number of halogens is 1. The fourth-order valence-electron chi connectivity index (χ4n) is 2.44. The third-order valence-corrected chi connectivity index (χ3v) is 3.69. The molecule has 0 bridgehead atoms. The summed E-state index contributed by atoms with van der Waals surface area (Å²) in [7, 11) is 0. The molecule has 0 spiro atoms. The van der Waals surface area contributed by atoms with Crippen LogP contribution in [0.3, 0.4) is 0 Å². The van der Waals surface area contributed by atoms with Crippen LogP contribution in [0.25, 0.3) is 0 Å². The summed E-state index contributed by atoms with van der Waals surface area (Å²) in [5, 5.41) is 2.59. The fraction of sp³-hybridized carbons (Fsp3) is 0.222. The fourth-order valence-corrected chi connectivity index (χ4v) is 2.44. The Kier molecular flexibility index (Phi) is 4.74. The topological polar surface area (TPSA) is 60.3 Å². The molecule has 0 unspecified atom stereocenters. The number of aromatic nitrogens is 1. The first kappa shape index (κ1) is 16.0. The van der Waals surface area contributed by atoms with Gasteiger partial charge in [-0.3, -0.25) is 9.59 Å². The smallest absolute Gasteiger partial charge is 0.290 e. The highest BCUT2D eigenvalue weighted by molar-refractivity contribution is 6.02. The summed E-state index contributed by atoms with van der Waals surface area (Å²) in [6, 6.07) is 9.15. The van der Waals surface area contributed by atoms with Crippen LogP contribution in [0.4, 0.5) is 10.1 Å². The third-order valence-electron chi connectivity index (χ3n) is 3.69. The van der Waals surface area contributed by atoms with E-state index in [2.05, 4.69) is 5.32 Å². The van der Waals surface area contributed by atoms with Gasteiger partial charge in [-0.15, -0.1) is 0 Å². The van der Waals surface area contributed by atoms with E-state index < -0.39 is 5.91 Å². The van der Waals surface area contributed by atoms with Gasteiger partial charge in [-0.25, -0.2) is 4.39 Å². The molecule has 1 aromatic carbocycles. The lowest BCUT2D eigenvalue weighted by Crippen LogP contribution is -2.27. The van der Waals surface area contributed by atoms with Crippen LogP contribution in [0.2, 0.25) is 0 Å². The third kappa shape index (κ3) is 3.71. The molecule has 0 aliphatic carbocycles. The van der Waals surface area contributed by atoms with Gasteiger partial charge in [0.05, 0.1) is 13.2 Å². The number of pyridine rings is 1. The highest BCUT2D eigenvalue weighted by Crippen LogP contribution is 2.12. The molecule has 1 aliphatic rings. The second-order valence-electron chi connectivity index (χ2n) is 5.49. The molecule has 1 amide bonds. The molecule has 0 saturated carbocycles. The minimum atomic E-state index is -0.425. The average molecular weight is 328 g/mol. The van der Waals surface area contributed by atoms with Crippen molar-refractivity contribution in [2.75, 3.05) is 11.9 Å². The van der Waals surface area contributed by atoms with Crippen molar-refractivity contribution >= 4 is 11.6 Å². The van der Waals surface area contributed by atoms with Crippen molar-refractivity contribution in [3.63, 3.8) is 0 Å². The molecule has 1 aromatic heterocycles. The molecule has 124 valence electrons. The van der Waals surface area contributed by atoms with Crippen LogP contribution in [-0.2, 0) is 16.1 Å². The molecule has 0 atom stereocenters. The second-order valence-corrected chi connectivity index (χ2v) is 5.49. The molecule has 1 N–H and O–H groups in total. The lowest BCUT2D eigenvalue weighted by atomic mass is 10.2. The Morgan fingerprint density at radius 2 is 2.04 bits per heavy atom. The maximum absolute atomic E-state index is 13.0. The largest absolute Gasteiger partial charge is 0.488 e. The summed E-state index contributed by atoms with van der Waals surface area (Å²) in [4.78, 5) is 24.6. The zero-order valence-electron chi connectivity index (χ0n) is 13.0. The van der Waals surface area contributed by atoms with Gasteiger partial charge in [0.15, 0.2) is 5.76 Å². The Hall–Kier alpha value is -2.89. The van der Waals surface area contributed by atoms with Gasteiger partial charge in [0, 0.05) is 6.20 Å². The number of nitrogens with zero attached hydrogens (tertiary/aromatic N) is 1. The van der Waals surface area contributed by atoms with Crippen molar-refractivity contribution < 1.29 is 13.9 Å². The molecule has 2 heterocycles. The zero-order valence-corrected chi connectivity index (χ0v) is 13.0. The number of allylic oxidation sites excluding steroid dienone is 1. The molecule has 5 nitrogen and oxygen atoms in total. The Bertz CT molecular complexity index is 825. The van der Waals surface area contributed by atoms with Crippen LogP contribution in [0.15, 0.2) is 59.2 Å². The molecule has 6 heteroatoms. The van der Waals surface area contributed by atoms with Gasteiger partial charge in [-0.1, -0.05) is 12.1 Å². The van der Waals surface area contributed by atoms with Crippen molar-refractivity contribution in [3.05, 3.63) is 76.2 Å². The van der Waals surface area contributed by atoms with E-state index in [1.807, 2.05) is 0 Å². The predicted molar refractivity (Wildman–Crippen MR) is 88.1 cm³/mol. The van der Waals surface area contributed by atoms with E-state index in [9.17, 15) is 14.0 Å². The number of ether oxygens (including phenoxy) is 1. The lowest BCUT2D eigenvalue weighted by Gasteiger charge is -2.15. The number of anilines is 1. The Balaban J connectivity index is 1.78. The summed E-state index contributed by atoms with van der Waals surface area (Å²) in [5.74, 6) is -0.506. The molecule has 3 rings (SSSR count). The SMILES string of the molecule is O=C(Nc1cccn(Cc2ccc(F)cc2)c1=O)C1=CCCCO1. The molecule has 0 saturated heterocycles. The number of amides is 1. The van der Waals surface area contributed by atoms with Crippen molar-refractivity contribution in [2.24, 2.45) is 0 Å². The van der Waals surface area contributed by atoms with Crippen molar-refractivity contribution in [1.29, 1.82) is 0 Å². The quantitative estimate of drug-likeness (QED) is 0.939. The van der Waals surface area contributed by atoms with E-state index >= 15 is 0 Å². The summed E-state index contributed by atoms with van der Waals surface area (Å²) in [6.07, 6.45) is 5.01. The van der Waals surface area contributed by atoms with Crippen molar-refractivity contribution in [2.45, 2.75) is 19.4 Å². The first-order valence-corrected chi connectivity index (χ1v) is 7.72. The predicted octanol–water partition coefficient (Wildman–Crippen LogP) is 2.67. The number of hydrogen-bond donors (Lipinski definition) is 1. The number of nitrogens with one attached hydrogen (secondary N) is 1. The van der Waals surface area contributed by atoms with Crippen LogP contribution in [0.5, 0.6) is 0 Å². The first-order valence-electron chi connectivity index (χ1n) is 7.72. The van der Waals surface area contributed by atoms with E-state index in [1.165, 1.54) is 16.7 Å². The number of hydrogen-bond acceptors (Lipinski definition) is 3. The highest BCUT2D eigenvalue weighted by atomic mass is 19.1. The van der Waals surface area contributed by atoms with Crippen molar-refractivity contribution in [3.8, 4) is 0 Å². The maximum Gasteiger partial charge on any atom is 0.290 e. The zero-order chi connectivity index (χ0) is 16.9. The van der Waals surface area contributed by atoms with Gasteiger partial charge < -0.3 is 14.6 Å². The van der Waals surface area contributed by atoms with E-state index in [-0.39, 0.29) is 22.8 Å². The second kappa shape index (κ2) is 7.12. The number of carbonyl (C=O) groups is 1. The monoisotopic (exact) mass is 328 g/mol. The minimum Gasteiger partial charge on any atom is -0.488 e. The Morgan fingerprint density at radius 3 is 2.75 bits per heavy atom. The molecular weight excluding hydrogens is 311 g/mol. The molecule has 24 heavy (non-hydrogen) atoms. The molecule has 2 aromatic rings. The van der Waals surface area contributed by atoms with Crippen LogP contribution < -0.4 is 10.9 Å². The molecule has 0 radical (unpaired) electrons. The number of rotatable bonds is 4. The van der Waals surface area contributed by atoms with E-state index in [0.29, 0.717) is 13.2 Å². The summed E-state index contributed by atoms with van der Waals surface area (Å²) in [5.41, 5.74) is 0.645. The highest BCUT2D eigenvalue weighted by Gasteiger charge is 2.15. The van der Waals surface area contributed by atoms with Crippen LogP contribution in [0.1, 0.15) is 18.4 Å². The number of benzene rings is 1. The van der Waals surface area contributed by atoms with Gasteiger partial charge in [-0.05, 0) is 48.7 Å². The van der Waals surface area contributed by atoms with E-state index in [1.54, 1.807) is 36.5 Å². The first-order chi connectivity index (χ1) is 11.6. The molecular formula is C18H17FN2O3. The summed E-state index contributed by atoms with van der Waals surface area (Å²) >= 11 is 0. The average Bonchev–Trinajstić information content (AvgIpc) is 2.61. The van der Waals surface area contributed by atoms with Gasteiger partial charge in [0.25, 0.3) is 11.5 Å². The number of carbonyl (C=O) groups excluding carboxylic acids is 1. The Labute approximate surface area is 138 Å². The van der Waals surface area contributed by atoms with Crippen molar-refractivity contribution in [1.82, 2.24) is 4.57 Å². The van der Waals surface area contributed by atoms with Crippen LogP contribution in [0, 0.1) is 5.82 Å². The standard InChI is InChI=1S/C18H17FN2O3/c19-14-8-6-13(7-9-14)12-21-10-3-4-15(18(21)23)20-17(22)16-5-1-2-11-24-16/h3-10H,1-2,11-12H2,(H,20,22). The lowest BCUT2D eigenvalue weighted by molar-refractivity contribution is -0.116.